The van der Waals surface area contributed by atoms with Crippen molar-refractivity contribution in [3.63, 3.8) is 0 Å². The molecule has 2 atom stereocenters. The summed E-state index contributed by atoms with van der Waals surface area (Å²) in [6.07, 6.45) is -3.26. The van der Waals surface area contributed by atoms with Gasteiger partial charge in [-0.15, -0.1) is 0 Å². The summed E-state index contributed by atoms with van der Waals surface area (Å²) in [5.41, 5.74) is -1.49. The maximum Gasteiger partial charge on any atom is 0.417 e. The number of rotatable bonds is 4. The van der Waals surface area contributed by atoms with Gasteiger partial charge in [-0.25, -0.2) is 28.1 Å². The number of alkyl halides is 5. The van der Waals surface area contributed by atoms with Gasteiger partial charge in [-0.3, -0.25) is 4.79 Å². The quantitative estimate of drug-likeness (QED) is 0.656. The minimum Gasteiger partial charge on any atom is -0.355 e. The molecular formula is C19H20F5N5O2S. The maximum absolute atomic E-state index is 14.1. The van der Waals surface area contributed by atoms with Gasteiger partial charge in [0.1, 0.15) is 21.8 Å². The highest BCUT2D eigenvalue weighted by atomic mass is 32.2. The SMILES string of the molecule is CC1CN(c2ncc(C(F)(F)F)cc2C(=O)Nc2ccnc(S(N)=O)c2)CCCC1(F)F. The van der Waals surface area contributed by atoms with Crippen LogP contribution in [-0.2, 0) is 17.2 Å². The second-order valence-corrected chi connectivity index (χ2v) is 8.45. The van der Waals surface area contributed by atoms with Gasteiger partial charge in [-0.05, 0) is 24.6 Å². The molecule has 3 heterocycles. The average Bonchev–Trinajstić information content (AvgIpc) is 2.84. The van der Waals surface area contributed by atoms with E-state index in [0.29, 0.717) is 12.3 Å². The predicted octanol–water partition coefficient (Wildman–Crippen LogP) is 3.60. The Bertz CT molecular complexity index is 1030. The van der Waals surface area contributed by atoms with Crippen LogP contribution in [0.1, 0.15) is 35.7 Å². The standard InChI is InChI=1S/C19H20F5N5O2S/c1-11-10-29(6-2-4-18(11,20)21)16-14(7-12(9-27-16)19(22,23)24)17(30)28-13-3-5-26-15(8-13)32(25)31/h3,5,7-9,11H,2,4,6,10,25H2,1H3,(H,26,28,30). The van der Waals surface area contributed by atoms with Gasteiger partial charge in [0.05, 0.1) is 11.1 Å². The summed E-state index contributed by atoms with van der Waals surface area (Å²) in [7, 11) is -1.94. The number of nitrogens with zero attached hydrogens (tertiary/aromatic N) is 3. The second kappa shape index (κ2) is 9.06. The Kier molecular flexibility index (Phi) is 6.79. The predicted molar refractivity (Wildman–Crippen MR) is 108 cm³/mol. The van der Waals surface area contributed by atoms with E-state index in [0.717, 1.165) is 0 Å². The van der Waals surface area contributed by atoms with Crippen LogP contribution in [-0.4, -0.2) is 39.1 Å². The first-order valence-corrected chi connectivity index (χ1v) is 10.7. The van der Waals surface area contributed by atoms with E-state index in [1.54, 1.807) is 0 Å². The van der Waals surface area contributed by atoms with E-state index in [2.05, 4.69) is 15.3 Å². The minimum atomic E-state index is -4.76. The molecule has 2 unspecified atom stereocenters. The number of aromatic nitrogens is 2. The number of nitrogens with one attached hydrogen (secondary N) is 1. The molecule has 1 fully saturated rings. The largest absolute Gasteiger partial charge is 0.417 e. The zero-order valence-electron chi connectivity index (χ0n) is 16.8. The summed E-state index contributed by atoms with van der Waals surface area (Å²) in [5.74, 6) is -5.10. The first-order valence-electron chi connectivity index (χ1n) is 9.52. The Morgan fingerprint density at radius 2 is 2.03 bits per heavy atom. The van der Waals surface area contributed by atoms with Crippen molar-refractivity contribution < 1.29 is 31.0 Å². The lowest BCUT2D eigenvalue weighted by molar-refractivity contribution is -0.137. The van der Waals surface area contributed by atoms with Crippen molar-refractivity contribution in [1.29, 1.82) is 0 Å². The molecule has 7 nitrogen and oxygen atoms in total. The minimum absolute atomic E-state index is 0.0474. The summed E-state index contributed by atoms with van der Waals surface area (Å²) in [4.78, 5) is 21.9. The molecular weight excluding hydrogens is 457 g/mol. The Morgan fingerprint density at radius 1 is 1.31 bits per heavy atom. The van der Waals surface area contributed by atoms with Crippen molar-refractivity contribution in [2.45, 2.75) is 36.9 Å². The van der Waals surface area contributed by atoms with Gasteiger partial charge in [0.2, 0.25) is 0 Å². The normalized spacial score (nSPS) is 19.8. The Balaban J connectivity index is 1.99. The van der Waals surface area contributed by atoms with Gasteiger partial charge < -0.3 is 10.2 Å². The van der Waals surface area contributed by atoms with E-state index in [-0.39, 0.29) is 42.5 Å². The van der Waals surface area contributed by atoms with Crippen LogP contribution >= 0.6 is 0 Å². The maximum atomic E-state index is 14.1. The van der Waals surface area contributed by atoms with Crippen LogP contribution in [0.5, 0.6) is 0 Å². The summed E-state index contributed by atoms with van der Waals surface area (Å²) < 4.78 is 79.4. The molecule has 0 spiro atoms. The lowest BCUT2D eigenvalue weighted by Gasteiger charge is -2.28. The number of nitrogens with two attached hydrogens (primary N) is 1. The van der Waals surface area contributed by atoms with E-state index in [4.69, 9.17) is 5.14 Å². The van der Waals surface area contributed by atoms with Crippen LogP contribution in [0, 0.1) is 5.92 Å². The number of hydrogen-bond acceptors (Lipinski definition) is 5. The molecule has 13 heteroatoms. The highest BCUT2D eigenvalue weighted by molar-refractivity contribution is 7.82. The molecule has 1 aliphatic rings. The first kappa shape index (κ1) is 24.0. The number of hydrogen-bond donors (Lipinski definition) is 2. The molecule has 2 aromatic rings. The summed E-state index contributed by atoms with van der Waals surface area (Å²) >= 11 is 0. The number of pyridine rings is 2. The number of anilines is 2. The van der Waals surface area contributed by atoms with Crippen LogP contribution in [0.15, 0.2) is 35.6 Å². The number of carbonyl (C=O) groups excluding carboxylic acids is 1. The van der Waals surface area contributed by atoms with Gasteiger partial charge in [-0.2, -0.15) is 13.2 Å². The summed E-state index contributed by atoms with van der Waals surface area (Å²) in [6, 6.07) is 3.18. The molecule has 3 N–H and O–H groups in total. The van der Waals surface area contributed by atoms with E-state index >= 15 is 0 Å². The van der Waals surface area contributed by atoms with Gasteiger partial charge in [0, 0.05) is 43.5 Å². The number of carbonyl (C=O) groups is 1. The van der Waals surface area contributed by atoms with E-state index in [1.165, 1.54) is 30.2 Å². The topological polar surface area (TPSA) is 101 Å². The van der Waals surface area contributed by atoms with Crippen molar-refractivity contribution >= 4 is 28.4 Å². The summed E-state index contributed by atoms with van der Waals surface area (Å²) in [5, 5.41) is 7.61. The van der Waals surface area contributed by atoms with E-state index < -0.39 is 46.0 Å². The molecule has 3 rings (SSSR count). The van der Waals surface area contributed by atoms with Crippen LogP contribution in [0.3, 0.4) is 0 Å². The summed E-state index contributed by atoms with van der Waals surface area (Å²) in [6.45, 7) is 1.26. The molecule has 0 aromatic carbocycles. The van der Waals surface area contributed by atoms with Crippen molar-refractivity contribution in [1.82, 2.24) is 9.97 Å². The second-order valence-electron chi connectivity index (χ2n) is 7.44. The van der Waals surface area contributed by atoms with Crippen LogP contribution in [0.25, 0.3) is 0 Å². The Morgan fingerprint density at radius 3 is 2.69 bits per heavy atom. The fraction of sp³-hybridized carbons (Fsp3) is 0.421. The lowest BCUT2D eigenvalue weighted by Crippen LogP contribution is -2.35. The first-order chi connectivity index (χ1) is 14.9. The van der Waals surface area contributed by atoms with Gasteiger partial charge in [0.25, 0.3) is 11.8 Å². The van der Waals surface area contributed by atoms with Crippen LogP contribution < -0.4 is 15.4 Å². The van der Waals surface area contributed by atoms with Gasteiger partial charge >= 0.3 is 6.18 Å². The fourth-order valence-electron chi connectivity index (χ4n) is 3.33. The molecule has 0 radical (unpaired) electrons. The molecule has 1 aliphatic heterocycles. The van der Waals surface area contributed by atoms with Crippen LogP contribution in [0.2, 0.25) is 0 Å². The van der Waals surface area contributed by atoms with Gasteiger partial charge in [0.15, 0.2) is 0 Å². The van der Waals surface area contributed by atoms with Crippen molar-refractivity contribution in [2.75, 3.05) is 23.3 Å². The third-order valence-corrected chi connectivity index (χ3v) is 5.73. The third-order valence-electron chi connectivity index (χ3n) is 5.09. The molecule has 0 aliphatic carbocycles. The average molecular weight is 477 g/mol. The van der Waals surface area contributed by atoms with Crippen LogP contribution in [0.4, 0.5) is 33.5 Å². The zero-order chi connectivity index (χ0) is 23.7. The highest BCUT2D eigenvalue weighted by Gasteiger charge is 2.40. The van der Waals surface area contributed by atoms with E-state index in [1.807, 2.05) is 0 Å². The Labute approximate surface area is 182 Å². The lowest BCUT2D eigenvalue weighted by atomic mass is 10.0. The molecule has 174 valence electrons. The molecule has 2 aromatic heterocycles. The smallest absolute Gasteiger partial charge is 0.355 e. The van der Waals surface area contributed by atoms with Gasteiger partial charge in [-0.1, -0.05) is 6.92 Å². The number of halogens is 5. The van der Waals surface area contributed by atoms with Crippen molar-refractivity contribution in [3.8, 4) is 0 Å². The monoisotopic (exact) mass is 477 g/mol. The third kappa shape index (κ3) is 5.38. The molecule has 1 saturated heterocycles. The van der Waals surface area contributed by atoms with Crippen molar-refractivity contribution in [2.24, 2.45) is 11.1 Å². The molecule has 32 heavy (non-hydrogen) atoms. The number of amides is 1. The van der Waals surface area contributed by atoms with Crippen molar-refractivity contribution in [3.05, 3.63) is 41.7 Å². The molecule has 0 saturated carbocycles. The van der Waals surface area contributed by atoms with E-state index in [9.17, 15) is 31.0 Å². The molecule has 1 amide bonds. The zero-order valence-corrected chi connectivity index (χ0v) is 17.6. The Hall–Kier alpha value is -2.67. The fourth-order valence-corrected chi connectivity index (χ4v) is 3.73. The molecule has 0 bridgehead atoms. The highest BCUT2D eigenvalue weighted by Crippen LogP contribution is 2.36.